The molecule has 11 nitrogen and oxygen atoms in total. The van der Waals surface area contributed by atoms with Gasteiger partial charge < -0.3 is 16.0 Å². The number of anilines is 2. The monoisotopic (exact) mass is 527 g/mol. The molecule has 1 fully saturated rings. The summed E-state index contributed by atoms with van der Waals surface area (Å²) in [6.45, 7) is 4.06. The Balaban J connectivity index is 0.00000380. The molecular formula is C25H30ClN7O4. The predicted octanol–water partition coefficient (Wildman–Crippen LogP) is 1.11. The number of benzene rings is 1. The summed E-state index contributed by atoms with van der Waals surface area (Å²) in [6.07, 6.45) is 1.79. The minimum absolute atomic E-state index is 0. The normalized spacial score (nSPS) is 15.0. The topological polar surface area (TPSA) is 137 Å². The highest BCUT2D eigenvalue weighted by molar-refractivity contribution is 6.03. The standard InChI is InChI=1S/C25H29N7O4.ClH/c1-4-5-13-31-21-22(28-24(31)30-12-8-9-17(26)14-30)29(3)25(36)32(23(21)35)15-20(34)27-19-11-7-6-10-18(19)16(2)33;/h6-7,10-11,17H,8-9,12-15,26H2,1-3H3,(H,27,34);1H. The molecule has 37 heavy (non-hydrogen) atoms. The molecule has 1 aliphatic heterocycles. The third kappa shape index (κ3) is 5.45. The van der Waals surface area contributed by atoms with Gasteiger partial charge in [-0.05, 0) is 38.8 Å². The quantitative estimate of drug-likeness (QED) is 0.362. The first-order chi connectivity index (χ1) is 17.2. The number of fused-ring (bicyclic) bond motifs is 1. The van der Waals surface area contributed by atoms with Crippen LogP contribution in [-0.4, -0.2) is 49.5 Å². The molecule has 0 spiro atoms. The van der Waals surface area contributed by atoms with E-state index < -0.39 is 23.7 Å². The van der Waals surface area contributed by atoms with Crippen LogP contribution in [0.4, 0.5) is 11.6 Å². The molecule has 3 heterocycles. The average molecular weight is 528 g/mol. The van der Waals surface area contributed by atoms with Crippen LogP contribution in [-0.2, 0) is 24.9 Å². The SMILES string of the molecule is CC#CCn1c(N2CCCC(N)C2)nc2c1c(=O)n(CC(=O)Nc1ccccc1C(C)=O)c(=O)n2C.Cl. The third-order valence-electron chi connectivity index (χ3n) is 6.25. The third-order valence-corrected chi connectivity index (χ3v) is 6.25. The number of ketones is 1. The second-order valence-corrected chi connectivity index (χ2v) is 8.83. The number of aryl methyl sites for hydroxylation is 1. The van der Waals surface area contributed by atoms with Gasteiger partial charge in [-0.15, -0.1) is 18.3 Å². The van der Waals surface area contributed by atoms with E-state index in [0.717, 1.165) is 24.0 Å². The van der Waals surface area contributed by atoms with E-state index in [2.05, 4.69) is 22.1 Å². The molecule has 1 atom stereocenters. The Bertz CT molecular complexity index is 1530. The number of aromatic nitrogens is 4. The van der Waals surface area contributed by atoms with E-state index in [-0.39, 0.29) is 41.9 Å². The predicted molar refractivity (Wildman–Crippen MR) is 144 cm³/mol. The van der Waals surface area contributed by atoms with Crippen molar-refractivity contribution in [3.05, 3.63) is 50.7 Å². The molecule has 196 valence electrons. The Morgan fingerprint density at radius 3 is 2.62 bits per heavy atom. The summed E-state index contributed by atoms with van der Waals surface area (Å²) in [7, 11) is 1.51. The van der Waals surface area contributed by atoms with E-state index in [1.54, 1.807) is 35.8 Å². The van der Waals surface area contributed by atoms with Gasteiger partial charge in [0.1, 0.15) is 6.54 Å². The lowest BCUT2D eigenvalue weighted by Gasteiger charge is -2.31. The van der Waals surface area contributed by atoms with Crippen LogP contribution < -0.4 is 27.2 Å². The molecule has 1 amide bonds. The van der Waals surface area contributed by atoms with Crippen LogP contribution in [0, 0.1) is 11.8 Å². The molecule has 2 aromatic heterocycles. The first-order valence-electron chi connectivity index (χ1n) is 11.7. The van der Waals surface area contributed by atoms with E-state index in [1.807, 2.05) is 4.90 Å². The highest BCUT2D eigenvalue weighted by Crippen LogP contribution is 2.23. The second kappa shape index (κ2) is 11.5. The Kier molecular flexibility index (Phi) is 8.57. The molecule has 0 bridgehead atoms. The van der Waals surface area contributed by atoms with Gasteiger partial charge in [0.25, 0.3) is 5.56 Å². The number of hydrogen-bond donors (Lipinski definition) is 2. The van der Waals surface area contributed by atoms with E-state index >= 15 is 0 Å². The number of nitrogens with zero attached hydrogens (tertiary/aromatic N) is 5. The fourth-order valence-corrected chi connectivity index (χ4v) is 4.47. The number of carbonyl (C=O) groups is 2. The van der Waals surface area contributed by atoms with Gasteiger partial charge in [0.15, 0.2) is 16.9 Å². The van der Waals surface area contributed by atoms with E-state index in [9.17, 15) is 19.2 Å². The van der Waals surface area contributed by atoms with Gasteiger partial charge in [0.05, 0.1) is 12.2 Å². The number of carbonyl (C=O) groups excluding carboxylic acids is 2. The summed E-state index contributed by atoms with van der Waals surface area (Å²) in [5.74, 6) is 5.50. The molecule has 0 radical (unpaired) electrons. The van der Waals surface area contributed by atoms with Crippen molar-refractivity contribution in [2.45, 2.75) is 45.8 Å². The number of para-hydroxylation sites is 1. The fraction of sp³-hybridized carbons (Fsp3) is 0.400. The van der Waals surface area contributed by atoms with Crippen LogP contribution in [0.1, 0.15) is 37.0 Å². The van der Waals surface area contributed by atoms with Crippen molar-refractivity contribution in [1.82, 2.24) is 18.7 Å². The molecule has 1 aliphatic rings. The Labute approximate surface area is 219 Å². The molecule has 12 heteroatoms. The van der Waals surface area contributed by atoms with Crippen LogP contribution in [0.25, 0.3) is 11.2 Å². The van der Waals surface area contributed by atoms with E-state index in [1.165, 1.54) is 18.5 Å². The highest BCUT2D eigenvalue weighted by Gasteiger charge is 2.26. The largest absolute Gasteiger partial charge is 0.341 e. The number of halogens is 1. The molecule has 3 aromatic rings. The van der Waals surface area contributed by atoms with Crippen LogP contribution >= 0.6 is 12.4 Å². The van der Waals surface area contributed by atoms with Gasteiger partial charge in [-0.25, -0.2) is 9.36 Å². The number of amides is 1. The lowest BCUT2D eigenvalue weighted by molar-refractivity contribution is -0.116. The molecular weight excluding hydrogens is 498 g/mol. The van der Waals surface area contributed by atoms with Crippen molar-refractivity contribution >= 4 is 46.9 Å². The van der Waals surface area contributed by atoms with E-state index in [4.69, 9.17) is 5.73 Å². The van der Waals surface area contributed by atoms with Crippen LogP contribution in [0.15, 0.2) is 33.9 Å². The Hall–Kier alpha value is -3.88. The molecule has 1 saturated heterocycles. The summed E-state index contributed by atoms with van der Waals surface area (Å²) < 4.78 is 3.82. The maximum absolute atomic E-state index is 13.6. The number of imidazole rings is 1. The lowest BCUT2D eigenvalue weighted by Crippen LogP contribution is -2.44. The van der Waals surface area contributed by atoms with Crippen molar-refractivity contribution < 1.29 is 9.59 Å². The number of rotatable bonds is 6. The van der Waals surface area contributed by atoms with Gasteiger partial charge in [0, 0.05) is 31.7 Å². The number of nitrogens with one attached hydrogen (secondary N) is 1. The van der Waals surface area contributed by atoms with Crippen molar-refractivity contribution in [3.8, 4) is 11.8 Å². The average Bonchev–Trinajstić information content (AvgIpc) is 3.24. The van der Waals surface area contributed by atoms with Crippen molar-refractivity contribution in [2.75, 3.05) is 23.3 Å². The summed E-state index contributed by atoms with van der Waals surface area (Å²) in [6, 6.07) is 6.53. The maximum atomic E-state index is 13.6. The number of piperidine rings is 1. The van der Waals surface area contributed by atoms with Gasteiger partial charge in [0.2, 0.25) is 11.9 Å². The summed E-state index contributed by atoms with van der Waals surface area (Å²) in [5, 5.41) is 2.64. The molecule has 1 unspecified atom stereocenters. The van der Waals surface area contributed by atoms with Crippen LogP contribution in [0.3, 0.4) is 0 Å². The molecule has 0 aliphatic carbocycles. The molecule has 3 N–H and O–H groups in total. The zero-order valence-electron chi connectivity index (χ0n) is 21.0. The zero-order chi connectivity index (χ0) is 26.0. The number of nitrogens with two attached hydrogens (primary N) is 1. The smallest absolute Gasteiger partial charge is 0.332 e. The summed E-state index contributed by atoms with van der Waals surface area (Å²) in [5.41, 5.74) is 5.91. The molecule has 0 saturated carbocycles. The first kappa shape index (κ1) is 27.7. The minimum atomic E-state index is -0.671. The highest BCUT2D eigenvalue weighted by atomic mass is 35.5. The molecule has 1 aromatic carbocycles. The number of hydrogen-bond acceptors (Lipinski definition) is 7. The fourth-order valence-electron chi connectivity index (χ4n) is 4.47. The van der Waals surface area contributed by atoms with Crippen molar-refractivity contribution in [2.24, 2.45) is 12.8 Å². The maximum Gasteiger partial charge on any atom is 0.332 e. The van der Waals surface area contributed by atoms with Gasteiger partial charge in [-0.1, -0.05) is 18.1 Å². The zero-order valence-corrected chi connectivity index (χ0v) is 21.8. The van der Waals surface area contributed by atoms with Crippen molar-refractivity contribution in [3.63, 3.8) is 0 Å². The molecule has 4 rings (SSSR count). The van der Waals surface area contributed by atoms with Crippen LogP contribution in [0.5, 0.6) is 0 Å². The Morgan fingerprint density at radius 1 is 1.22 bits per heavy atom. The van der Waals surface area contributed by atoms with Gasteiger partial charge >= 0.3 is 5.69 Å². The summed E-state index contributed by atoms with van der Waals surface area (Å²) in [4.78, 5) is 58.1. The Morgan fingerprint density at radius 2 is 1.95 bits per heavy atom. The lowest BCUT2D eigenvalue weighted by atomic mass is 10.1. The van der Waals surface area contributed by atoms with Crippen LogP contribution in [0.2, 0.25) is 0 Å². The first-order valence-corrected chi connectivity index (χ1v) is 11.7. The minimum Gasteiger partial charge on any atom is -0.341 e. The van der Waals surface area contributed by atoms with Gasteiger partial charge in [-0.2, -0.15) is 4.98 Å². The van der Waals surface area contributed by atoms with Crippen molar-refractivity contribution in [1.29, 1.82) is 0 Å². The van der Waals surface area contributed by atoms with E-state index in [0.29, 0.717) is 23.7 Å². The van der Waals surface area contributed by atoms with Gasteiger partial charge in [-0.3, -0.25) is 23.5 Å². The number of Topliss-reactive ketones (excluding diaryl/α,β-unsaturated/α-hetero) is 1. The second-order valence-electron chi connectivity index (χ2n) is 8.83. The summed E-state index contributed by atoms with van der Waals surface area (Å²) >= 11 is 0.